The Balaban J connectivity index is 2.33. The maximum Gasteiger partial charge on any atom is 0.163 e. The van der Waals surface area contributed by atoms with Crippen LogP contribution in [0.15, 0.2) is 18.2 Å². The molecule has 0 radical (unpaired) electrons. The molecule has 0 aromatic heterocycles. The van der Waals surface area contributed by atoms with Gasteiger partial charge in [-0.1, -0.05) is 12.1 Å². The van der Waals surface area contributed by atoms with Crippen molar-refractivity contribution >= 4 is 0 Å². The Hall–Kier alpha value is -1.00. The molecule has 4 heteroatoms. The molecule has 1 fully saturated rings. The van der Waals surface area contributed by atoms with Gasteiger partial charge >= 0.3 is 0 Å². The molecule has 2 unspecified atom stereocenters. The summed E-state index contributed by atoms with van der Waals surface area (Å²) in [6, 6.07) is 3.43. The SMILES string of the molecule is CC1(C(N)c2cccc(F)c2F)CCCO1. The van der Waals surface area contributed by atoms with E-state index in [1.54, 1.807) is 0 Å². The van der Waals surface area contributed by atoms with Gasteiger partial charge in [0, 0.05) is 12.2 Å². The first-order valence-electron chi connectivity index (χ1n) is 5.38. The van der Waals surface area contributed by atoms with E-state index in [0.29, 0.717) is 6.61 Å². The Labute approximate surface area is 93.4 Å². The Morgan fingerprint density at radius 2 is 2.19 bits per heavy atom. The van der Waals surface area contributed by atoms with Gasteiger partial charge in [-0.3, -0.25) is 0 Å². The fourth-order valence-electron chi connectivity index (χ4n) is 2.14. The number of hydrogen-bond donors (Lipinski definition) is 1. The molecule has 0 spiro atoms. The van der Waals surface area contributed by atoms with Crippen LogP contribution in [-0.4, -0.2) is 12.2 Å². The quantitative estimate of drug-likeness (QED) is 0.842. The van der Waals surface area contributed by atoms with Crippen molar-refractivity contribution in [1.82, 2.24) is 0 Å². The van der Waals surface area contributed by atoms with Crippen molar-refractivity contribution in [3.63, 3.8) is 0 Å². The van der Waals surface area contributed by atoms with E-state index in [4.69, 9.17) is 10.5 Å². The number of rotatable bonds is 2. The van der Waals surface area contributed by atoms with Crippen LogP contribution >= 0.6 is 0 Å². The van der Waals surface area contributed by atoms with Crippen molar-refractivity contribution in [2.24, 2.45) is 5.73 Å². The van der Waals surface area contributed by atoms with Gasteiger partial charge in [0.05, 0.1) is 11.6 Å². The number of nitrogens with two attached hydrogens (primary N) is 1. The van der Waals surface area contributed by atoms with Crippen LogP contribution < -0.4 is 5.73 Å². The second kappa shape index (κ2) is 4.11. The zero-order chi connectivity index (χ0) is 11.8. The van der Waals surface area contributed by atoms with Crippen molar-refractivity contribution in [2.45, 2.75) is 31.4 Å². The summed E-state index contributed by atoms with van der Waals surface area (Å²) in [7, 11) is 0. The molecule has 1 heterocycles. The Morgan fingerprint density at radius 3 is 2.81 bits per heavy atom. The molecule has 0 aliphatic carbocycles. The van der Waals surface area contributed by atoms with Gasteiger partial charge in [0.15, 0.2) is 11.6 Å². The third-order valence-electron chi connectivity index (χ3n) is 3.22. The highest BCUT2D eigenvalue weighted by Crippen LogP contribution is 2.36. The molecule has 2 atom stereocenters. The first-order chi connectivity index (χ1) is 7.54. The molecule has 88 valence electrons. The average molecular weight is 227 g/mol. The number of halogens is 2. The van der Waals surface area contributed by atoms with E-state index in [2.05, 4.69) is 0 Å². The van der Waals surface area contributed by atoms with E-state index in [1.165, 1.54) is 12.1 Å². The topological polar surface area (TPSA) is 35.2 Å². The minimum atomic E-state index is -0.869. The van der Waals surface area contributed by atoms with E-state index in [1.807, 2.05) is 6.92 Å². The average Bonchev–Trinajstić information content (AvgIpc) is 2.70. The number of hydrogen-bond acceptors (Lipinski definition) is 2. The molecule has 2 rings (SSSR count). The lowest BCUT2D eigenvalue weighted by Crippen LogP contribution is -2.38. The molecule has 1 aliphatic rings. The first-order valence-corrected chi connectivity index (χ1v) is 5.38. The van der Waals surface area contributed by atoms with Crippen LogP contribution in [0.2, 0.25) is 0 Å². The standard InChI is InChI=1S/C12H15F2NO/c1-12(6-3-7-16-12)11(15)8-4-2-5-9(13)10(8)14/h2,4-5,11H,3,6-7,15H2,1H3. The van der Waals surface area contributed by atoms with Gasteiger partial charge in [-0.2, -0.15) is 0 Å². The molecule has 1 aromatic carbocycles. The summed E-state index contributed by atoms with van der Waals surface area (Å²) >= 11 is 0. The third kappa shape index (κ3) is 1.83. The summed E-state index contributed by atoms with van der Waals surface area (Å²) in [5, 5.41) is 0. The van der Waals surface area contributed by atoms with Gasteiger partial charge in [0.2, 0.25) is 0 Å². The molecule has 1 aromatic rings. The first kappa shape index (κ1) is 11.5. The van der Waals surface area contributed by atoms with Crippen LogP contribution in [0.3, 0.4) is 0 Å². The zero-order valence-corrected chi connectivity index (χ0v) is 9.17. The van der Waals surface area contributed by atoms with Crippen LogP contribution in [0, 0.1) is 11.6 Å². The van der Waals surface area contributed by atoms with Gasteiger partial charge in [0.25, 0.3) is 0 Å². The van der Waals surface area contributed by atoms with Gasteiger partial charge in [-0.25, -0.2) is 8.78 Å². The van der Waals surface area contributed by atoms with E-state index in [0.717, 1.165) is 18.9 Å². The van der Waals surface area contributed by atoms with Crippen molar-refractivity contribution < 1.29 is 13.5 Å². The largest absolute Gasteiger partial charge is 0.373 e. The molecule has 0 bridgehead atoms. The van der Waals surface area contributed by atoms with Crippen molar-refractivity contribution in [1.29, 1.82) is 0 Å². The van der Waals surface area contributed by atoms with E-state index in [-0.39, 0.29) is 5.56 Å². The Bertz CT molecular complexity index is 389. The number of ether oxygens (including phenoxy) is 1. The lowest BCUT2D eigenvalue weighted by atomic mass is 9.88. The highest BCUT2D eigenvalue weighted by Gasteiger charge is 2.38. The zero-order valence-electron chi connectivity index (χ0n) is 9.17. The summed E-state index contributed by atoms with van der Waals surface area (Å²) < 4.78 is 32.2. The normalized spacial score (nSPS) is 27.0. The van der Waals surface area contributed by atoms with E-state index >= 15 is 0 Å². The van der Waals surface area contributed by atoms with Gasteiger partial charge in [0.1, 0.15) is 0 Å². The Morgan fingerprint density at radius 1 is 1.44 bits per heavy atom. The van der Waals surface area contributed by atoms with Crippen LogP contribution in [-0.2, 0) is 4.74 Å². The molecule has 0 amide bonds. The van der Waals surface area contributed by atoms with Crippen LogP contribution in [0.4, 0.5) is 8.78 Å². The van der Waals surface area contributed by atoms with Crippen LogP contribution in [0.5, 0.6) is 0 Å². The fraction of sp³-hybridized carbons (Fsp3) is 0.500. The molecule has 2 nitrogen and oxygen atoms in total. The second-order valence-corrected chi connectivity index (χ2v) is 4.39. The molecule has 0 saturated carbocycles. The molecular weight excluding hydrogens is 212 g/mol. The summed E-state index contributed by atoms with van der Waals surface area (Å²) in [5.74, 6) is -1.73. The van der Waals surface area contributed by atoms with Gasteiger partial charge < -0.3 is 10.5 Å². The smallest absolute Gasteiger partial charge is 0.163 e. The van der Waals surface area contributed by atoms with Crippen molar-refractivity contribution in [3.05, 3.63) is 35.4 Å². The van der Waals surface area contributed by atoms with E-state index in [9.17, 15) is 8.78 Å². The minimum Gasteiger partial charge on any atom is -0.373 e. The third-order valence-corrected chi connectivity index (χ3v) is 3.22. The number of benzene rings is 1. The van der Waals surface area contributed by atoms with Crippen LogP contribution in [0.1, 0.15) is 31.4 Å². The van der Waals surface area contributed by atoms with Crippen molar-refractivity contribution in [3.8, 4) is 0 Å². The predicted octanol–water partition coefficient (Wildman–Crippen LogP) is 2.53. The highest BCUT2D eigenvalue weighted by molar-refractivity contribution is 5.25. The predicted molar refractivity (Wildman–Crippen MR) is 56.9 cm³/mol. The summed E-state index contributed by atoms with van der Waals surface area (Å²) in [4.78, 5) is 0. The Kier molecular flexibility index (Phi) is 2.95. The van der Waals surface area contributed by atoms with Gasteiger partial charge in [-0.05, 0) is 25.8 Å². The molecule has 1 saturated heterocycles. The maximum atomic E-state index is 13.6. The molecule has 1 aliphatic heterocycles. The van der Waals surface area contributed by atoms with Crippen LogP contribution in [0.25, 0.3) is 0 Å². The lowest BCUT2D eigenvalue weighted by molar-refractivity contribution is -0.00270. The van der Waals surface area contributed by atoms with Gasteiger partial charge in [-0.15, -0.1) is 0 Å². The summed E-state index contributed by atoms with van der Waals surface area (Å²) in [5.41, 5.74) is 5.57. The van der Waals surface area contributed by atoms with Crippen molar-refractivity contribution in [2.75, 3.05) is 6.61 Å². The monoisotopic (exact) mass is 227 g/mol. The lowest BCUT2D eigenvalue weighted by Gasteiger charge is -2.30. The molecule has 16 heavy (non-hydrogen) atoms. The second-order valence-electron chi connectivity index (χ2n) is 4.39. The maximum absolute atomic E-state index is 13.6. The highest BCUT2D eigenvalue weighted by atomic mass is 19.2. The minimum absolute atomic E-state index is 0.185. The molecular formula is C12H15F2NO. The fourth-order valence-corrected chi connectivity index (χ4v) is 2.14. The summed E-state index contributed by atoms with van der Waals surface area (Å²) in [6.07, 6.45) is 1.67. The summed E-state index contributed by atoms with van der Waals surface area (Å²) in [6.45, 7) is 2.47. The molecule has 2 N–H and O–H groups in total. The van der Waals surface area contributed by atoms with E-state index < -0.39 is 23.3 Å².